The van der Waals surface area contributed by atoms with Crippen molar-refractivity contribution in [1.29, 1.82) is 0 Å². The van der Waals surface area contributed by atoms with Crippen LogP contribution < -0.4 is 0 Å². The number of hydrogen-bond acceptors (Lipinski definition) is 15. The highest BCUT2D eigenvalue weighted by Gasteiger charge is 2.30. The molecule has 17 nitrogen and oxygen atoms in total. The third-order valence-corrected chi connectivity index (χ3v) is 22.3. The average Bonchev–Trinajstić information content (AvgIpc) is 0.936. The van der Waals surface area contributed by atoms with Gasteiger partial charge in [-0.2, -0.15) is 0 Å². The Morgan fingerprint density at radius 2 is 0.466 bits per heavy atom. The van der Waals surface area contributed by atoms with Gasteiger partial charge in [0, 0.05) is 25.7 Å². The van der Waals surface area contributed by atoms with Crippen LogP contribution in [-0.4, -0.2) is 96.7 Å². The smallest absolute Gasteiger partial charge is 0.462 e. The highest BCUT2D eigenvalue weighted by molar-refractivity contribution is 7.47. The number of hydrogen-bond donors (Lipinski definition) is 3. The fourth-order valence-corrected chi connectivity index (χ4v) is 14.6. The highest BCUT2D eigenvalue weighted by atomic mass is 31.2. The molecule has 0 fully saturated rings. The van der Waals surface area contributed by atoms with Gasteiger partial charge in [-0.1, -0.05) is 395 Å². The molecule has 103 heavy (non-hydrogen) atoms. The van der Waals surface area contributed by atoms with Gasteiger partial charge < -0.3 is 33.8 Å². The number of carbonyl (C=O) groups excluding carboxylic acids is 4. The van der Waals surface area contributed by atoms with Gasteiger partial charge >= 0.3 is 39.5 Å². The summed E-state index contributed by atoms with van der Waals surface area (Å²) < 4.78 is 68.8. The molecule has 4 unspecified atom stereocenters. The van der Waals surface area contributed by atoms with E-state index < -0.39 is 97.5 Å². The second kappa shape index (κ2) is 75.5. The van der Waals surface area contributed by atoms with E-state index in [1.54, 1.807) is 0 Å². The maximum absolute atomic E-state index is 13.1. The average molecular weight is 1510 g/mol. The molecular formula is C84H164O17P2. The first-order valence-electron chi connectivity index (χ1n) is 43.6. The molecule has 0 rings (SSSR count). The number of rotatable bonds is 83. The van der Waals surface area contributed by atoms with Gasteiger partial charge in [-0.3, -0.25) is 37.3 Å². The molecule has 0 aliphatic carbocycles. The van der Waals surface area contributed by atoms with E-state index in [-0.39, 0.29) is 25.7 Å². The van der Waals surface area contributed by atoms with Gasteiger partial charge in [0.25, 0.3) is 0 Å². The molecule has 0 aliphatic rings. The topological polar surface area (TPSA) is 237 Å². The van der Waals surface area contributed by atoms with Crippen LogP contribution in [0.1, 0.15) is 446 Å². The number of carbonyl (C=O) groups is 4. The molecule has 7 atom stereocenters. The summed E-state index contributed by atoms with van der Waals surface area (Å²) in [6, 6.07) is 0. The molecule has 0 radical (unpaired) electrons. The van der Waals surface area contributed by atoms with Gasteiger partial charge in [0.15, 0.2) is 12.2 Å². The molecule has 0 bridgehead atoms. The quantitative estimate of drug-likeness (QED) is 0.0222. The summed E-state index contributed by atoms with van der Waals surface area (Å²) in [5.74, 6) is -0.454. The van der Waals surface area contributed by atoms with Crippen LogP contribution in [0.25, 0.3) is 0 Å². The Kier molecular flexibility index (Phi) is 74.1. The minimum atomic E-state index is -4.96. The zero-order valence-electron chi connectivity index (χ0n) is 67.6. The summed E-state index contributed by atoms with van der Waals surface area (Å²) >= 11 is 0. The second-order valence-electron chi connectivity index (χ2n) is 30.7. The maximum Gasteiger partial charge on any atom is 0.472 e. The lowest BCUT2D eigenvalue weighted by atomic mass is 9.99. The van der Waals surface area contributed by atoms with Crippen molar-refractivity contribution in [1.82, 2.24) is 0 Å². The standard InChI is InChI=1S/C84H164O17P2/c1-7-11-13-15-17-19-21-23-29-34-37-41-48-54-60-66-81(86)94-72-79(100-84(89)69-63-57-51-43-39-35-31-28-26-25-27-30-32-36-40-46-52-58-64-76(5)9-3)74-98-102(90,91)96-70-78(85)71-97-103(92,93)99-75-80(73-95-82(87)67-61-55-49-45-44-47-53-59-65-77(6)10-4)101-83(88)68-62-56-50-42-38-33-24-22-20-18-16-14-12-8-2/h76-80,85H,7-75H2,1-6H3,(H,90,91)(H,92,93)/t76?,77?,78-,79-,80-/m1/s1. The van der Waals surface area contributed by atoms with Crippen LogP contribution >= 0.6 is 15.6 Å². The molecule has 0 aliphatic heterocycles. The molecule has 0 amide bonds. The molecule has 0 heterocycles. The normalized spacial score (nSPS) is 14.4. The zero-order valence-corrected chi connectivity index (χ0v) is 69.4. The Morgan fingerprint density at radius 1 is 0.272 bits per heavy atom. The number of phosphoric acid groups is 2. The van der Waals surface area contributed by atoms with Gasteiger partial charge in [0.05, 0.1) is 26.4 Å². The van der Waals surface area contributed by atoms with E-state index in [1.165, 1.54) is 263 Å². The summed E-state index contributed by atoms with van der Waals surface area (Å²) in [6.45, 7) is 9.73. The number of ether oxygens (including phenoxy) is 4. The van der Waals surface area contributed by atoms with Gasteiger partial charge in [0.1, 0.15) is 19.3 Å². The van der Waals surface area contributed by atoms with E-state index in [9.17, 15) is 43.2 Å². The molecule has 0 aromatic heterocycles. The lowest BCUT2D eigenvalue weighted by Gasteiger charge is -2.21. The second-order valence-corrected chi connectivity index (χ2v) is 33.6. The van der Waals surface area contributed by atoms with Crippen molar-refractivity contribution in [3.63, 3.8) is 0 Å². The Labute approximate surface area is 632 Å². The van der Waals surface area contributed by atoms with Crippen molar-refractivity contribution in [2.45, 2.75) is 464 Å². The number of aliphatic hydroxyl groups excluding tert-OH is 1. The summed E-state index contributed by atoms with van der Waals surface area (Å²) in [7, 11) is -9.92. The van der Waals surface area contributed by atoms with Crippen molar-refractivity contribution < 1.29 is 80.2 Å². The summed E-state index contributed by atoms with van der Waals surface area (Å²) in [4.78, 5) is 73.2. The number of esters is 4. The third-order valence-electron chi connectivity index (χ3n) is 20.4. The zero-order chi connectivity index (χ0) is 75.6. The van der Waals surface area contributed by atoms with Gasteiger partial charge in [-0.25, -0.2) is 9.13 Å². The first kappa shape index (κ1) is 101. The minimum Gasteiger partial charge on any atom is -0.462 e. The number of unbranched alkanes of at least 4 members (excludes halogenated alkanes) is 51. The van der Waals surface area contributed by atoms with Crippen molar-refractivity contribution in [3.8, 4) is 0 Å². The van der Waals surface area contributed by atoms with Crippen LogP contribution in [0.2, 0.25) is 0 Å². The largest absolute Gasteiger partial charge is 0.472 e. The van der Waals surface area contributed by atoms with Crippen LogP contribution in [-0.2, 0) is 65.4 Å². The van der Waals surface area contributed by atoms with E-state index in [0.717, 1.165) is 102 Å². The van der Waals surface area contributed by atoms with Crippen molar-refractivity contribution in [2.24, 2.45) is 11.8 Å². The predicted octanol–water partition coefficient (Wildman–Crippen LogP) is 25.5. The van der Waals surface area contributed by atoms with Crippen molar-refractivity contribution >= 4 is 39.5 Å². The highest BCUT2D eigenvalue weighted by Crippen LogP contribution is 2.45. The van der Waals surface area contributed by atoms with Crippen LogP contribution in [0.5, 0.6) is 0 Å². The van der Waals surface area contributed by atoms with E-state index in [0.29, 0.717) is 25.7 Å². The lowest BCUT2D eigenvalue weighted by Crippen LogP contribution is -2.30. The van der Waals surface area contributed by atoms with Crippen molar-refractivity contribution in [3.05, 3.63) is 0 Å². The first-order chi connectivity index (χ1) is 49.9. The number of aliphatic hydroxyl groups is 1. The van der Waals surface area contributed by atoms with E-state index in [2.05, 4.69) is 41.5 Å². The molecule has 0 saturated heterocycles. The Balaban J connectivity index is 5.24. The first-order valence-corrected chi connectivity index (χ1v) is 46.6. The van der Waals surface area contributed by atoms with Gasteiger partial charge in [-0.15, -0.1) is 0 Å². The molecule has 0 aromatic carbocycles. The molecular weight excluding hydrogens is 1340 g/mol. The molecule has 19 heteroatoms. The molecule has 0 aromatic rings. The minimum absolute atomic E-state index is 0.108. The Bertz CT molecular complexity index is 1980. The Morgan fingerprint density at radius 3 is 0.689 bits per heavy atom. The molecule has 3 N–H and O–H groups in total. The maximum atomic E-state index is 13.1. The van der Waals surface area contributed by atoms with E-state index >= 15 is 0 Å². The van der Waals surface area contributed by atoms with Gasteiger partial charge in [0.2, 0.25) is 0 Å². The summed E-state index contributed by atoms with van der Waals surface area (Å²) in [5.41, 5.74) is 0. The predicted molar refractivity (Wildman–Crippen MR) is 423 cm³/mol. The lowest BCUT2D eigenvalue weighted by molar-refractivity contribution is -0.161. The van der Waals surface area contributed by atoms with Crippen LogP contribution in [0.4, 0.5) is 0 Å². The van der Waals surface area contributed by atoms with Gasteiger partial charge in [-0.05, 0) is 37.5 Å². The third kappa shape index (κ3) is 75.3. The monoisotopic (exact) mass is 1510 g/mol. The SMILES string of the molecule is CCCCCCCCCCCCCCCCCC(=O)OC[C@H](COP(=O)(O)OC[C@@H](O)COP(=O)(O)OC[C@@H](COC(=O)CCCCCCCCCCC(C)CC)OC(=O)CCCCCCCCCCCCCCCC)OC(=O)CCCCCCCCCCCCCCCCCCCCC(C)CC. The molecule has 0 saturated carbocycles. The van der Waals surface area contributed by atoms with Crippen LogP contribution in [0.15, 0.2) is 0 Å². The van der Waals surface area contributed by atoms with E-state index in [1.807, 2.05) is 0 Å². The molecule has 0 spiro atoms. The fourth-order valence-electron chi connectivity index (χ4n) is 13.0. The number of phosphoric ester groups is 2. The fraction of sp³-hybridized carbons (Fsp3) is 0.952. The van der Waals surface area contributed by atoms with Crippen LogP contribution in [0, 0.1) is 11.8 Å². The molecule has 612 valence electrons. The Hall–Kier alpha value is -1.94. The summed E-state index contributed by atoms with van der Waals surface area (Å²) in [6.07, 6.45) is 66.4. The summed E-state index contributed by atoms with van der Waals surface area (Å²) in [5, 5.41) is 10.7. The van der Waals surface area contributed by atoms with E-state index in [4.69, 9.17) is 37.0 Å². The van der Waals surface area contributed by atoms with Crippen molar-refractivity contribution in [2.75, 3.05) is 39.6 Å². The van der Waals surface area contributed by atoms with Crippen LogP contribution in [0.3, 0.4) is 0 Å².